The van der Waals surface area contributed by atoms with Crippen LogP contribution in [0.15, 0.2) is 0 Å². The Balaban J connectivity index is 4.26. The first-order valence-corrected chi connectivity index (χ1v) is 33.1. The van der Waals surface area contributed by atoms with Gasteiger partial charge >= 0.3 is 17.9 Å². The number of hydrogen-bond acceptors (Lipinski definition) is 6. The quantitative estimate of drug-likeness (QED) is 0.0343. The van der Waals surface area contributed by atoms with E-state index in [1.165, 1.54) is 257 Å². The zero-order valence-corrected chi connectivity index (χ0v) is 50.4. The summed E-state index contributed by atoms with van der Waals surface area (Å²) >= 11 is 0. The molecule has 1 unspecified atom stereocenters. The fourth-order valence-electron chi connectivity index (χ4n) is 10.4. The summed E-state index contributed by atoms with van der Waals surface area (Å²) in [4.78, 5) is 38.3. The summed E-state index contributed by atoms with van der Waals surface area (Å²) in [5, 5.41) is 0. The summed E-state index contributed by atoms with van der Waals surface area (Å²) in [7, 11) is 0. The van der Waals surface area contributed by atoms with E-state index >= 15 is 0 Å². The molecular formula is C67H130O6. The predicted molar refractivity (Wildman–Crippen MR) is 316 cm³/mol. The number of ether oxygens (including phenoxy) is 3. The van der Waals surface area contributed by atoms with Crippen LogP contribution in [-0.2, 0) is 28.6 Å². The third-order valence-corrected chi connectivity index (χ3v) is 15.8. The van der Waals surface area contributed by atoms with Gasteiger partial charge in [0.15, 0.2) is 6.10 Å². The lowest BCUT2D eigenvalue weighted by Gasteiger charge is -2.18. The number of carbonyl (C=O) groups is 3. The van der Waals surface area contributed by atoms with Crippen molar-refractivity contribution >= 4 is 17.9 Å². The molecular weight excluding hydrogens is 901 g/mol. The summed E-state index contributed by atoms with van der Waals surface area (Å²) < 4.78 is 17.0. The van der Waals surface area contributed by atoms with Crippen molar-refractivity contribution in [2.24, 2.45) is 17.8 Å². The van der Waals surface area contributed by atoms with E-state index in [2.05, 4.69) is 41.5 Å². The average molecular weight is 1030 g/mol. The maximum Gasteiger partial charge on any atom is 0.306 e. The molecule has 6 heteroatoms. The minimum Gasteiger partial charge on any atom is -0.462 e. The Morgan fingerprint density at radius 3 is 0.712 bits per heavy atom. The number of esters is 3. The monoisotopic (exact) mass is 1030 g/mol. The molecule has 0 aliphatic rings. The third kappa shape index (κ3) is 59.5. The molecule has 0 aliphatic carbocycles. The van der Waals surface area contributed by atoms with E-state index in [4.69, 9.17) is 14.2 Å². The van der Waals surface area contributed by atoms with Gasteiger partial charge in [0.25, 0.3) is 0 Å². The van der Waals surface area contributed by atoms with Crippen molar-refractivity contribution in [1.29, 1.82) is 0 Å². The highest BCUT2D eigenvalue weighted by atomic mass is 16.6. The first kappa shape index (κ1) is 71.4. The van der Waals surface area contributed by atoms with Crippen molar-refractivity contribution < 1.29 is 28.6 Å². The van der Waals surface area contributed by atoms with Crippen molar-refractivity contribution in [1.82, 2.24) is 0 Å². The molecule has 0 bridgehead atoms. The first-order chi connectivity index (χ1) is 35.6. The summed E-state index contributed by atoms with van der Waals surface area (Å²) in [6, 6.07) is 0. The van der Waals surface area contributed by atoms with Gasteiger partial charge in [0.05, 0.1) is 0 Å². The van der Waals surface area contributed by atoms with Gasteiger partial charge in [-0.1, -0.05) is 337 Å². The van der Waals surface area contributed by atoms with Gasteiger partial charge in [-0.3, -0.25) is 14.4 Å². The van der Waals surface area contributed by atoms with E-state index in [0.29, 0.717) is 19.3 Å². The van der Waals surface area contributed by atoms with Gasteiger partial charge in [-0.05, 0) is 37.0 Å². The molecule has 434 valence electrons. The zero-order valence-electron chi connectivity index (χ0n) is 50.4. The maximum atomic E-state index is 12.9. The SMILES string of the molecule is CCC(C)CCCCCCCCCCCCCCCCCCCCC(=O)O[C@@H](COC(=O)CCCCCCCCCCCCCCCCCCC(C)C)COC(=O)CCCCCCCCCCCCCC(C)C. The molecule has 0 spiro atoms. The van der Waals surface area contributed by atoms with E-state index in [0.717, 1.165) is 75.5 Å². The highest BCUT2D eigenvalue weighted by Crippen LogP contribution is 2.20. The first-order valence-electron chi connectivity index (χ1n) is 33.1. The van der Waals surface area contributed by atoms with Crippen LogP contribution in [0.5, 0.6) is 0 Å². The normalized spacial score (nSPS) is 12.5. The summed E-state index contributed by atoms with van der Waals surface area (Å²) in [6.07, 6.45) is 63.9. The third-order valence-electron chi connectivity index (χ3n) is 15.8. The summed E-state index contributed by atoms with van der Waals surface area (Å²) in [6.45, 7) is 13.9. The summed E-state index contributed by atoms with van der Waals surface area (Å²) in [5.41, 5.74) is 0. The molecule has 0 aromatic heterocycles. The van der Waals surface area contributed by atoms with Crippen LogP contribution in [0.25, 0.3) is 0 Å². The second-order valence-corrected chi connectivity index (χ2v) is 24.3. The van der Waals surface area contributed by atoms with Crippen molar-refractivity contribution in [3.63, 3.8) is 0 Å². The Kier molecular flexibility index (Phi) is 56.8. The molecule has 0 aromatic rings. The molecule has 0 heterocycles. The molecule has 6 nitrogen and oxygen atoms in total. The molecule has 0 aromatic carbocycles. The molecule has 0 fully saturated rings. The van der Waals surface area contributed by atoms with E-state index in [1.54, 1.807) is 0 Å². The van der Waals surface area contributed by atoms with Gasteiger partial charge in [-0.25, -0.2) is 0 Å². The Bertz CT molecular complexity index is 1130. The average Bonchev–Trinajstić information content (AvgIpc) is 3.37. The van der Waals surface area contributed by atoms with Crippen LogP contribution in [0.3, 0.4) is 0 Å². The molecule has 0 saturated heterocycles. The molecule has 0 radical (unpaired) electrons. The van der Waals surface area contributed by atoms with Gasteiger partial charge in [-0.15, -0.1) is 0 Å². The highest BCUT2D eigenvalue weighted by molar-refractivity contribution is 5.71. The second-order valence-electron chi connectivity index (χ2n) is 24.3. The fraction of sp³-hybridized carbons (Fsp3) is 0.955. The Morgan fingerprint density at radius 2 is 0.479 bits per heavy atom. The Hall–Kier alpha value is -1.59. The molecule has 0 amide bonds. The fourth-order valence-corrected chi connectivity index (χ4v) is 10.4. The largest absolute Gasteiger partial charge is 0.462 e. The van der Waals surface area contributed by atoms with Crippen molar-refractivity contribution in [3.8, 4) is 0 Å². The number of carbonyl (C=O) groups excluding carboxylic acids is 3. The van der Waals surface area contributed by atoms with E-state index in [1.807, 2.05) is 0 Å². The van der Waals surface area contributed by atoms with E-state index in [9.17, 15) is 14.4 Å². The van der Waals surface area contributed by atoms with Gasteiger partial charge in [0.2, 0.25) is 0 Å². The lowest BCUT2D eigenvalue weighted by molar-refractivity contribution is -0.167. The van der Waals surface area contributed by atoms with Crippen LogP contribution >= 0.6 is 0 Å². The van der Waals surface area contributed by atoms with Gasteiger partial charge < -0.3 is 14.2 Å². The van der Waals surface area contributed by atoms with E-state index < -0.39 is 6.10 Å². The van der Waals surface area contributed by atoms with Crippen molar-refractivity contribution in [2.75, 3.05) is 13.2 Å². The lowest BCUT2D eigenvalue weighted by atomic mass is 9.99. The van der Waals surface area contributed by atoms with Crippen LogP contribution in [-0.4, -0.2) is 37.2 Å². The van der Waals surface area contributed by atoms with E-state index in [-0.39, 0.29) is 31.1 Å². The highest BCUT2D eigenvalue weighted by Gasteiger charge is 2.20. The van der Waals surface area contributed by atoms with Crippen LogP contribution in [0.2, 0.25) is 0 Å². The molecule has 73 heavy (non-hydrogen) atoms. The zero-order chi connectivity index (χ0) is 53.3. The predicted octanol–water partition coefficient (Wildman–Crippen LogP) is 22.2. The van der Waals surface area contributed by atoms with Crippen LogP contribution in [0.1, 0.15) is 375 Å². The van der Waals surface area contributed by atoms with Crippen LogP contribution in [0.4, 0.5) is 0 Å². The Morgan fingerprint density at radius 1 is 0.274 bits per heavy atom. The van der Waals surface area contributed by atoms with Crippen LogP contribution < -0.4 is 0 Å². The van der Waals surface area contributed by atoms with Crippen molar-refractivity contribution in [3.05, 3.63) is 0 Å². The molecule has 0 aliphatic heterocycles. The number of unbranched alkanes of at least 4 members (excludes halogenated alkanes) is 42. The van der Waals surface area contributed by atoms with Gasteiger partial charge in [-0.2, -0.15) is 0 Å². The Labute approximate surface area is 457 Å². The van der Waals surface area contributed by atoms with Crippen LogP contribution in [0, 0.1) is 17.8 Å². The molecule has 0 saturated carbocycles. The lowest BCUT2D eigenvalue weighted by Crippen LogP contribution is -2.30. The number of rotatable bonds is 60. The smallest absolute Gasteiger partial charge is 0.306 e. The minimum absolute atomic E-state index is 0.0624. The standard InChI is InChI=1S/C67H130O6/c1-7-63(6)55-49-43-37-31-25-19-15-10-8-9-11-17-21-27-34-40-46-52-58-67(70)73-64(60-72-66(69)57-51-45-39-33-28-22-24-30-36-42-48-54-62(4)5)59-71-65(68)56-50-44-38-32-26-20-16-13-12-14-18-23-29-35-41-47-53-61(2)3/h61-64H,7-60H2,1-6H3/t63?,64-/m0/s1. The second kappa shape index (κ2) is 58.1. The topological polar surface area (TPSA) is 78.9 Å². The minimum atomic E-state index is -0.765. The maximum absolute atomic E-state index is 12.9. The molecule has 2 atom stereocenters. The molecule has 0 rings (SSSR count). The van der Waals surface area contributed by atoms with Crippen molar-refractivity contribution in [2.45, 2.75) is 382 Å². The van der Waals surface area contributed by atoms with Gasteiger partial charge in [0, 0.05) is 19.3 Å². The molecule has 0 N–H and O–H groups in total. The number of hydrogen-bond donors (Lipinski definition) is 0. The summed E-state index contributed by atoms with van der Waals surface area (Å²) in [5.74, 6) is 1.75. The van der Waals surface area contributed by atoms with Gasteiger partial charge in [0.1, 0.15) is 13.2 Å².